The Morgan fingerprint density at radius 1 is 1.25 bits per heavy atom. The Bertz CT molecular complexity index is 406. The average Bonchev–Trinajstić information content (AvgIpc) is 3.11. The summed E-state index contributed by atoms with van der Waals surface area (Å²) in [5, 5.41) is 4.74. The van der Waals surface area contributed by atoms with E-state index >= 15 is 0 Å². The molecule has 4 heteroatoms. The molecular formula is C16H27N3O. The highest BCUT2D eigenvalue weighted by molar-refractivity contribution is 5.02. The van der Waals surface area contributed by atoms with Crippen LogP contribution in [0.25, 0.3) is 0 Å². The normalized spacial score (nSPS) is 25.9. The van der Waals surface area contributed by atoms with E-state index in [1.807, 2.05) is 0 Å². The van der Waals surface area contributed by atoms with E-state index in [2.05, 4.69) is 16.9 Å². The van der Waals surface area contributed by atoms with Gasteiger partial charge in [-0.3, -0.25) is 4.68 Å². The van der Waals surface area contributed by atoms with Crippen LogP contribution in [0, 0.1) is 0 Å². The zero-order valence-corrected chi connectivity index (χ0v) is 12.3. The summed E-state index contributed by atoms with van der Waals surface area (Å²) in [7, 11) is 0. The molecule has 1 aromatic heterocycles. The van der Waals surface area contributed by atoms with Gasteiger partial charge in [0, 0.05) is 25.3 Å². The van der Waals surface area contributed by atoms with E-state index in [1.165, 1.54) is 44.9 Å². The van der Waals surface area contributed by atoms with Crippen LogP contribution in [0.15, 0.2) is 12.3 Å². The van der Waals surface area contributed by atoms with Gasteiger partial charge in [-0.05, 0) is 38.2 Å². The number of hydrogen-bond acceptors (Lipinski definition) is 3. The maximum atomic E-state index is 6.24. The molecule has 2 N–H and O–H groups in total. The van der Waals surface area contributed by atoms with E-state index in [-0.39, 0.29) is 6.04 Å². The number of nitrogens with zero attached hydrogens (tertiary/aromatic N) is 2. The van der Waals surface area contributed by atoms with Gasteiger partial charge in [-0.25, -0.2) is 0 Å². The van der Waals surface area contributed by atoms with Crippen LogP contribution in [0.1, 0.15) is 63.1 Å². The molecule has 0 bridgehead atoms. The van der Waals surface area contributed by atoms with Gasteiger partial charge in [0.05, 0.1) is 17.8 Å². The third-order valence-corrected chi connectivity index (χ3v) is 4.67. The minimum absolute atomic E-state index is 0.174. The first kappa shape index (κ1) is 14.1. The number of hydrogen-bond donors (Lipinski definition) is 1. The van der Waals surface area contributed by atoms with Gasteiger partial charge < -0.3 is 10.5 Å². The summed E-state index contributed by atoms with van der Waals surface area (Å²) in [6.07, 6.45) is 13.4. The minimum Gasteiger partial charge on any atom is -0.378 e. The summed E-state index contributed by atoms with van der Waals surface area (Å²) >= 11 is 0. The highest BCUT2D eigenvalue weighted by Gasteiger charge is 2.20. The molecule has 1 saturated carbocycles. The van der Waals surface area contributed by atoms with Gasteiger partial charge in [-0.15, -0.1) is 0 Å². The van der Waals surface area contributed by atoms with Crippen molar-refractivity contribution in [1.82, 2.24) is 9.78 Å². The Morgan fingerprint density at radius 2 is 2.10 bits per heavy atom. The Hall–Kier alpha value is -0.870. The number of rotatable bonds is 5. The van der Waals surface area contributed by atoms with Gasteiger partial charge in [0.15, 0.2) is 0 Å². The van der Waals surface area contributed by atoms with Crippen molar-refractivity contribution in [3.05, 3.63) is 18.0 Å². The van der Waals surface area contributed by atoms with Gasteiger partial charge in [0.2, 0.25) is 0 Å². The molecule has 1 saturated heterocycles. The Morgan fingerprint density at radius 3 is 2.85 bits per heavy atom. The molecule has 1 aromatic rings. The first-order valence-corrected chi connectivity index (χ1v) is 8.22. The summed E-state index contributed by atoms with van der Waals surface area (Å²) < 4.78 is 7.83. The predicted molar refractivity (Wildman–Crippen MR) is 79.6 cm³/mol. The lowest BCUT2D eigenvalue weighted by Crippen LogP contribution is -2.28. The lowest BCUT2D eigenvalue weighted by molar-refractivity contribution is 0.0982. The smallest absolute Gasteiger partial charge is 0.0640 e. The number of nitrogens with two attached hydrogens (primary N) is 1. The van der Waals surface area contributed by atoms with Crippen LogP contribution >= 0.6 is 0 Å². The standard InChI is InChI=1S/C16H27N3O/c17-13(12-16-7-4-10-20-16)11-14-8-9-19(18-14)15-5-2-1-3-6-15/h8-9,13,15-16H,1-7,10-12,17H2. The van der Waals surface area contributed by atoms with E-state index in [1.54, 1.807) is 0 Å². The Labute approximate surface area is 121 Å². The van der Waals surface area contributed by atoms with Crippen molar-refractivity contribution in [1.29, 1.82) is 0 Å². The molecule has 0 spiro atoms. The Kier molecular flexibility index (Phi) is 4.73. The molecule has 1 aliphatic heterocycles. The number of ether oxygens (including phenoxy) is 1. The van der Waals surface area contributed by atoms with Gasteiger partial charge in [0.25, 0.3) is 0 Å². The second-order valence-corrected chi connectivity index (χ2v) is 6.41. The lowest BCUT2D eigenvalue weighted by Gasteiger charge is -2.22. The minimum atomic E-state index is 0.174. The average molecular weight is 277 g/mol. The highest BCUT2D eigenvalue weighted by Crippen LogP contribution is 2.27. The molecule has 2 aliphatic rings. The van der Waals surface area contributed by atoms with Crippen molar-refractivity contribution < 1.29 is 4.74 Å². The zero-order valence-electron chi connectivity index (χ0n) is 12.3. The molecule has 20 heavy (non-hydrogen) atoms. The lowest BCUT2D eigenvalue weighted by atomic mass is 9.96. The molecule has 2 heterocycles. The summed E-state index contributed by atoms with van der Waals surface area (Å²) in [4.78, 5) is 0. The first-order chi connectivity index (χ1) is 9.81. The van der Waals surface area contributed by atoms with Crippen molar-refractivity contribution in [2.75, 3.05) is 6.61 Å². The molecule has 112 valence electrons. The first-order valence-electron chi connectivity index (χ1n) is 8.22. The van der Waals surface area contributed by atoms with Gasteiger partial charge in [-0.2, -0.15) is 5.10 Å². The summed E-state index contributed by atoms with van der Waals surface area (Å²) in [5.74, 6) is 0. The van der Waals surface area contributed by atoms with E-state index in [9.17, 15) is 0 Å². The molecule has 0 amide bonds. The van der Waals surface area contributed by atoms with E-state index in [4.69, 9.17) is 15.6 Å². The predicted octanol–water partition coefficient (Wildman–Crippen LogP) is 2.83. The summed E-state index contributed by atoms with van der Waals surface area (Å²) in [5.41, 5.74) is 7.38. The van der Waals surface area contributed by atoms with Crippen LogP contribution in [0.4, 0.5) is 0 Å². The van der Waals surface area contributed by atoms with Crippen LogP contribution in [-0.2, 0) is 11.2 Å². The largest absolute Gasteiger partial charge is 0.378 e. The van der Waals surface area contributed by atoms with Crippen LogP contribution < -0.4 is 5.73 Å². The molecular weight excluding hydrogens is 250 g/mol. The van der Waals surface area contributed by atoms with Crippen molar-refractivity contribution in [2.45, 2.75) is 76.0 Å². The SMILES string of the molecule is NC(Cc1ccn(C2CCCCC2)n1)CC1CCCO1. The maximum Gasteiger partial charge on any atom is 0.0640 e. The fourth-order valence-electron chi connectivity index (χ4n) is 3.56. The summed E-state index contributed by atoms with van der Waals surface area (Å²) in [6, 6.07) is 2.93. The van der Waals surface area contributed by atoms with Crippen LogP contribution in [0.5, 0.6) is 0 Å². The van der Waals surface area contributed by atoms with Gasteiger partial charge in [0.1, 0.15) is 0 Å². The van der Waals surface area contributed by atoms with Gasteiger partial charge >= 0.3 is 0 Å². The fraction of sp³-hybridized carbons (Fsp3) is 0.812. The molecule has 0 radical (unpaired) electrons. The van der Waals surface area contributed by atoms with Crippen molar-refractivity contribution in [3.63, 3.8) is 0 Å². The van der Waals surface area contributed by atoms with Crippen molar-refractivity contribution >= 4 is 0 Å². The second kappa shape index (κ2) is 6.72. The topological polar surface area (TPSA) is 53.1 Å². The monoisotopic (exact) mass is 277 g/mol. The summed E-state index contributed by atoms with van der Waals surface area (Å²) in [6.45, 7) is 0.910. The molecule has 1 aliphatic carbocycles. The molecule has 2 fully saturated rings. The fourth-order valence-corrected chi connectivity index (χ4v) is 3.56. The molecule has 2 atom stereocenters. The van der Waals surface area contributed by atoms with E-state index < -0.39 is 0 Å². The molecule has 0 aromatic carbocycles. The van der Waals surface area contributed by atoms with E-state index in [0.717, 1.165) is 25.1 Å². The highest BCUT2D eigenvalue weighted by atomic mass is 16.5. The van der Waals surface area contributed by atoms with E-state index in [0.29, 0.717) is 12.1 Å². The maximum absolute atomic E-state index is 6.24. The third-order valence-electron chi connectivity index (χ3n) is 4.67. The third kappa shape index (κ3) is 3.61. The van der Waals surface area contributed by atoms with Crippen molar-refractivity contribution in [2.24, 2.45) is 5.73 Å². The molecule has 3 rings (SSSR count). The van der Waals surface area contributed by atoms with Crippen LogP contribution in [0.3, 0.4) is 0 Å². The van der Waals surface area contributed by atoms with Crippen LogP contribution in [-0.4, -0.2) is 28.5 Å². The van der Waals surface area contributed by atoms with Crippen molar-refractivity contribution in [3.8, 4) is 0 Å². The second-order valence-electron chi connectivity index (χ2n) is 6.41. The van der Waals surface area contributed by atoms with Crippen LogP contribution in [0.2, 0.25) is 0 Å². The Balaban J connectivity index is 1.50. The molecule has 2 unspecified atom stereocenters. The molecule has 4 nitrogen and oxygen atoms in total. The number of aromatic nitrogens is 2. The zero-order chi connectivity index (χ0) is 13.8. The quantitative estimate of drug-likeness (QED) is 0.900. The van der Waals surface area contributed by atoms with Gasteiger partial charge in [-0.1, -0.05) is 19.3 Å².